The highest BCUT2D eigenvalue weighted by molar-refractivity contribution is 5.69. The Morgan fingerprint density at radius 2 is 0.692 bits per heavy atom. The first-order chi connectivity index (χ1) is 12.9. The number of rotatable bonds is 5. The van der Waals surface area contributed by atoms with Crippen LogP contribution in [0.1, 0.15) is 11.1 Å². The van der Waals surface area contributed by atoms with Crippen molar-refractivity contribution in [1.29, 1.82) is 0 Å². The van der Waals surface area contributed by atoms with Crippen molar-refractivity contribution in [1.82, 2.24) is 0 Å². The van der Waals surface area contributed by atoms with Crippen LogP contribution in [-0.4, -0.2) is 0 Å². The van der Waals surface area contributed by atoms with Crippen LogP contribution in [0.2, 0.25) is 0 Å². The van der Waals surface area contributed by atoms with Crippen molar-refractivity contribution in [2.45, 2.75) is 12.8 Å². The van der Waals surface area contributed by atoms with Crippen molar-refractivity contribution in [2.75, 3.05) is 0 Å². The summed E-state index contributed by atoms with van der Waals surface area (Å²) >= 11 is 0. The van der Waals surface area contributed by atoms with E-state index in [2.05, 4.69) is 109 Å². The van der Waals surface area contributed by atoms with E-state index in [1.807, 2.05) is 0 Å². The first-order valence-electron chi connectivity index (χ1n) is 9.18. The average Bonchev–Trinajstić information content (AvgIpc) is 2.74. The van der Waals surface area contributed by atoms with Gasteiger partial charge in [-0.25, -0.2) is 0 Å². The largest absolute Gasteiger partial charge is 0.0622 e. The molecule has 4 rings (SSSR count). The van der Waals surface area contributed by atoms with E-state index in [0.29, 0.717) is 0 Å². The number of hydrogen-bond acceptors (Lipinski definition) is 0. The number of hydrogen-bond donors (Lipinski definition) is 0. The van der Waals surface area contributed by atoms with E-state index in [9.17, 15) is 0 Å². The molecule has 26 heavy (non-hydrogen) atoms. The molecule has 0 saturated heterocycles. The number of benzene rings is 4. The molecule has 0 bridgehead atoms. The van der Waals surface area contributed by atoms with Gasteiger partial charge in [-0.05, 0) is 46.2 Å². The number of aryl methyl sites for hydroxylation is 2. The van der Waals surface area contributed by atoms with E-state index in [-0.39, 0.29) is 0 Å². The summed E-state index contributed by atoms with van der Waals surface area (Å²) in [7, 11) is 0. The Morgan fingerprint density at radius 3 is 1.12 bits per heavy atom. The molecule has 0 radical (unpaired) electrons. The van der Waals surface area contributed by atoms with Crippen LogP contribution in [0.25, 0.3) is 22.3 Å². The normalized spacial score (nSPS) is 10.6. The van der Waals surface area contributed by atoms with E-state index >= 15 is 0 Å². The minimum Gasteiger partial charge on any atom is -0.0622 e. The van der Waals surface area contributed by atoms with Crippen LogP contribution in [-0.2, 0) is 12.8 Å². The van der Waals surface area contributed by atoms with Gasteiger partial charge in [-0.1, -0.05) is 109 Å². The molecule has 4 aromatic carbocycles. The third kappa shape index (κ3) is 3.60. The fourth-order valence-corrected chi connectivity index (χ4v) is 3.54. The lowest BCUT2D eigenvalue weighted by Crippen LogP contribution is -1.96. The third-order valence-electron chi connectivity index (χ3n) is 4.87. The van der Waals surface area contributed by atoms with E-state index in [4.69, 9.17) is 0 Å². The molecule has 0 aromatic heterocycles. The van der Waals surface area contributed by atoms with Crippen molar-refractivity contribution in [2.24, 2.45) is 0 Å². The van der Waals surface area contributed by atoms with Gasteiger partial charge in [0.25, 0.3) is 0 Å². The molecule has 0 unspecified atom stereocenters. The van der Waals surface area contributed by atoms with Gasteiger partial charge in [0.1, 0.15) is 0 Å². The first kappa shape index (κ1) is 16.4. The van der Waals surface area contributed by atoms with E-state index in [1.54, 1.807) is 0 Å². The van der Waals surface area contributed by atoms with Crippen molar-refractivity contribution >= 4 is 0 Å². The van der Waals surface area contributed by atoms with Gasteiger partial charge in [-0.15, -0.1) is 0 Å². The monoisotopic (exact) mass is 334 g/mol. The van der Waals surface area contributed by atoms with E-state index in [0.717, 1.165) is 12.8 Å². The van der Waals surface area contributed by atoms with Crippen molar-refractivity contribution < 1.29 is 0 Å². The molecule has 0 heteroatoms. The topological polar surface area (TPSA) is 0 Å². The smallest absolute Gasteiger partial charge is 0.0152 e. The van der Waals surface area contributed by atoms with Gasteiger partial charge in [-0.3, -0.25) is 0 Å². The van der Waals surface area contributed by atoms with Crippen LogP contribution in [0.4, 0.5) is 0 Å². The second-order valence-corrected chi connectivity index (χ2v) is 6.55. The quantitative estimate of drug-likeness (QED) is 0.376. The molecular formula is C26H22. The molecule has 4 aromatic rings. The maximum Gasteiger partial charge on any atom is -0.0152 e. The molecule has 0 aliphatic heterocycles. The van der Waals surface area contributed by atoms with Crippen LogP contribution < -0.4 is 0 Å². The minimum atomic E-state index is 1.04. The van der Waals surface area contributed by atoms with Crippen LogP contribution in [0.5, 0.6) is 0 Å². The van der Waals surface area contributed by atoms with Crippen LogP contribution in [0, 0.1) is 0 Å². The lowest BCUT2D eigenvalue weighted by Gasteiger charge is -2.13. The Labute approximate surface area is 155 Å². The van der Waals surface area contributed by atoms with Crippen LogP contribution >= 0.6 is 0 Å². The molecule has 126 valence electrons. The molecule has 0 saturated carbocycles. The summed E-state index contributed by atoms with van der Waals surface area (Å²) in [6.07, 6.45) is 2.07. The summed E-state index contributed by atoms with van der Waals surface area (Å²) in [5.41, 5.74) is 8.07. The van der Waals surface area contributed by atoms with Crippen molar-refractivity contribution in [3.05, 3.63) is 120 Å². The van der Waals surface area contributed by atoms with Crippen LogP contribution in [0.3, 0.4) is 0 Å². The molecule has 0 heterocycles. The molecule has 0 aliphatic rings. The summed E-state index contributed by atoms with van der Waals surface area (Å²) in [6, 6.07) is 38.9. The third-order valence-corrected chi connectivity index (χ3v) is 4.87. The van der Waals surface area contributed by atoms with Gasteiger partial charge >= 0.3 is 0 Å². The molecule has 0 amide bonds. The lowest BCUT2D eigenvalue weighted by molar-refractivity contribution is 0.964. The van der Waals surface area contributed by atoms with Gasteiger partial charge in [0.2, 0.25) is 0 Å². The van der Waals surface area contributed by atoms with Gasteiger partial charge in [-0.2, -0.15) is 0 Å². The fraction of sp³-hybridized carbons (Fsp3) is 0.0769. The highest BCUT2D eigenvalue weighted by Crippen LogP contribution is 2.27. The second kappa shape index (κ2) is 7.84. The van der Waals surface area contributed by atoms with E-state index < -0.39 is 0 Å². The van der Waals surface area contributed by atoms with Crippen molar-refractivity contribution in [3.63, 3.8) is 0 Å². The molecule has 0 fully saturated rings. The van der Waals surface area contributed by atoms with Crippen LogP contribution in [0.15, 0.2) is 109 Å². The fourth-order valence-electron chi connectivity index (χ4n) is 3.54. The maximum absolute atomic E-state index is 2.26. The SMILES string of the molecule is c1ccc(-c2ccccc2CCc2ccccc2-c2ccccc2)cc1. The van der Waals surface area contributed by atoms with E-state index in [1.165, 1.54) is 33.4 Å². The average molecular weight is 334 g/mol. The zero-order valence-corrected chi connectivity index (χ0v) is 14.8. The lowest BCUT2D eigenvalue weighted by atomic mass is 9.92. The Bertz CT molecular complexity index is 886. The molecule has 0 N–H and O–H groups in total. The zero-order valence-electron chi connectivity index (χ0n) is 14.8. The Morgan fingerprint density at radius 1 is 0.346 bits per heavy atom. The molecule has 0 atom stereocenters. The Hall–Kier alpha value is -3.12. The standard InChI is InChI=1S/C26H22/c1-3-11-21(12-4-1)25-17-9-7-15-23(25)19-20-24-16-8-10-18-26(24)22-13-5-2-6-14-22/h1-18H,19-20H2. The second-order valence-electron chi connectivity index (χ2n) is 6.55. The van der Waals surface area contributed by atoms with Crippen molar-refractivity contribution in [3.8, 4) is 22.3 Å². The molecule has 0 spiro atoms. The maximum atomic E-state index is 2.26. The molecule has 0 nitrogen and oxygen atoms in total. The summed E-state index contributed by atoms with van der Waals surface area (Å²) < 4.78 is 0. The summed E-state index contributed by atoms with van der Waals surface area (Å²) in [6.45, 7) is 0. The highest BCUT2D eigenvalue weighted by atomic mass is 14.1. The summed E-state index contributed by atoms with van der Waals surface area (Å²) in [5.74, 6) is 0. The predicted molar refractivity (Wildman–Crippen MR) is 111 cm³/mol. The highest BCUT2D eigenvalue weighted by Gasteiger charge is 2.08. The molecule has 0 aliphatic carbocycles. The van der Waals surface area contributed by atoms with Gasteiger partial charge in [0.15, 0.2) is 0 Å². The predicted octanol–water partition coefficient (Wildman–Crippen LogP) is 6.81. The van der Waals surface area contributed by atoms with Gasteiger partial charge < -0.3 is 0 Å². The Kier molecular flexibility index (Phi) is 4.93. The van der Waals surface area contributed by atoms with Gasteiger partial charge in [0.05, 0.1) is 0 Å². The minimum absolute atomic E-state index is 1.04. The first-order valence-corrected chi connectivity index (χ1v) is 9.18. The molecular weight excluding hydrogens is 312 g/mol. The van der Waals surface area contributed by atoms with Gasteiger partial charge in [0, 0.05) is 0 Å². The summed E-state index contributed by atoms with van der Waals surface area (Å²) in [4.78, 5) is 0. The summed E-state index contributed by atoms with van der Waals surface area (Å²) in [5, 5.41) is 0. The zero-order chi connectivity index (χ0) is 17.6. The Balaban J connectivity index is 1.62.